The van der Waals surface area contributed by atoms with Crippen LogP contribution in [0, 0.1) is 10.1 Å². The number of aliphatic hydroxyl groups is 1. The first-order valence-corrected chi connectivity index (χ1v) is 6.15. The van der Waals surface area contributed by atoms with Crippen molar-refractivity contribution in [2.24, 2.45) is 0 Å². The SMILES string of the molecule is COCCN(CCO)c1ccc(C(C)=O)cc1[N+](=O)[O-]. The standard InChI is InChI=1S/C13H18N2O5/c1-10(17)11-3-4-12(13(9-11)15(18)19)14(5-7-16)6-8-20-2/h3-4,9,16H,5-8H2,1-2H3. The van der Waals surface area contributed by atoms with Crippen LogP contribution >= 0.6 is 0 Å². The van der Waals surface area contributed by atoms with Crippen LogP contribution in [0.25, 0.3) is 0 Å². The number of benzene rings is 1. The third kappa shape index (κ3) is 4.01. The molecule has 1 aromatic carbocycles. The van der Waals surface area contributed by atoms with E-state index in [4.69, 9.17) is 9.84 Å². The van der Waals surface area contributed by atoms with Gasteiger partial charge in [-0.05, 0) is 19.1 Å². The molecule has 0 bridgehead atoms. The number of nitro groups is 1. The van der Waals surface area contributed by atoms with Crippen LogP contribution in [0.5, 0.6) is 0 Å². The summed E-state index contributed by atoms with van der Waals surface area (Å²) < 4.78 is 4.96. The van der Waals surface area contributed by atoms with Crippen molar-refractivity contribution in [2.75, 3.05) is 38.3 Å². The molecule has 0 aliphatic carbocycles. The number of carbonyl (C=O) groups is 1. The van der Waals surface area contributed by atoms with E-state index in [1.54, 1.807) is 11.0 Å². The highest BCUT2D eigenvalue weighted by Crippen LogP contribution is 2.29. The summed E-state index contributed by atoms with van der Waals surface area (Å²) in [5.41, 5.74) is 0.504. The minimum atomic E-state index is -0.529. The van der Waals surface area contributed by atoms with Crippen molar-refractivity contribution in [2.45, 2.75) is 6.92 Å². The average Bonchev–Trinajstić information content (AvgIpc) is 2.42. The lowest BCUT2D eigenvalue weighted by atomic mass is 10.1. The van der Waals surface area contributed by atoms with Crippen molar-refractivity contribution in [1.82, 2.24) is 0 Å². The van der Waals surface area contributed by atoms with Gasteiger partial charge in [-0.1, -0.05) is 0 Å². The number of methoxy groups -OCH3 is 1. The molecule has 0 aliphatic heterocycles. The maximum atomic E-state index is 11.3. The number of ether oxygens (including phenoxy) is 1. The molecule has 0 heterocycles. The van der Waals surface area contributed by atoms with Gasteiger partial charge in [-0.25, -0.2) is 0 Å². The maximum absolute atomic E-state index is 11.3. The monoisotopic (exact) mass is 282 g/mol. The van der Waals surface area contributed by atoms with Crippen LogP contribution in [0.2, 0.25) is 0 Å². The van der Waals surface area contributed by atoms with E-state index in [0.717, 1.165) is 0 Å². The molecule has 7 nitrogen and oxygen atoms in total. The van der Waals surface area contributed by atoms with E-state index in [9.17, 15) is 14.9 Å². The molecule has 0 fully saturated rings. The first kappa shape index (κ1) is 16.1. The van der Waals surface area contributed by atoms with Gasteiger partial charge in [-0.15, -0.1) is 0 Å². The van der Waals surface area contributed by atoms with E-state index >= 15 is 0 Å². The fourth-order valence-corrected chi connectivity index (χ4v) is 1.83. The summed E-state index contributed by atoms with van der Waals surface area (Å²) >= 11 is 0. The fourth-order valence-electron chi connectivity index (χ4n) is 1.83. The second-order valence-electron chi connectivity index (χ2n) is 4.22. The molecule has 0 saturated heterocycles. The first-order valence-electron chi connectivity index (χ1n) is 6.15. The largest absolute Gasteiger partial charge is 0.395 e. The zero-order valence-corrected chi connectivity index (χ0v) is 11.5. The van der Waals surface area contributed by atoms with E-state index in [0.29, 0.717) is 18.8 Å². The molecule has 0 aromatic heterocycles. The predicted octanol–water partition coefficient (Wildman–Crippen LogP) is 1.24. The maximum Gasteiger partial charge on any atom is 0.293 e. The molecule has 0 aliphatic rings. The van der Waals surface area contributed by atoms with Crippen LogP contribution in [0.3, 0.4) is 0 Å². The Morgan fingerprint density at radius 2 is 2.15 bits per heavy atom. The summed E-state index contributed by atoms with van der Waals surface area (Å²) in [4.78, 5) is 23.6. The van der Waals surface area contributed by atoms with Crippen LogP contribution in [0.4, 0.5) is 11.4 Å². The van der Waals surface area contributed by atoms with Crippen molar-refractivity contribution < 1.29 is 19.6 Å². The number of nitrogens with zero attached hydrogens (tertiary/aromatic N) is 2. The van der Waals surface area contributed by atoms with Crippen molar-refractivity contribution in [3.63, 3.8) is 0 Å². The Labute approximate surface area is 116 Å². The third-order valence-electron chi connectivity index (χ3n) is 2.85. The zero-order chi connectivity index (χ0) is 15.1. The number of carbonyl (C=O) groups excluding carboxylic acids is 1. The number of ketones is 1. The van der Waals surface area contributed by atoms with Gasteiger partial charge in [0.15, 0.2) is 5.78 Å². The van der Waals surface area contributed by atoms with E-state index < -0.39 is 4.92 Å². The van der Waals surface area contributed by atoms with E-state index in [1.807, 2.05) is 0 Å². The number of hydrogen-bond donors (Lipinski definition) is 1. The summed E-state index contributed by atoms with van der Waals surface area (Å²) in [5.74, 6) is -0.231. The van der Waals surface area contributed by atoms with Gasteiger partial charge in [0.1, 0.15) is 5.69 Å². The van der Waals surface area contributed by atoms with Crippen LogP contribution in [0.1, 0.15) is 17.3 Å². The summed E-state index contributed by atoms with van der Waals surface area (Å²) in [6, 6.07) is 4.33. The number of hydrogen-bond acceptors (Lipinski definition) is 6. The molecule has 0 radical (unpaired) electrons. The van der Waals surface area contributed by atoms with Crippen LogP contribution in [0.15, 0.2) is 18.2 Å². The van der Waals surface area contributed by atoms with Gasteiger partial charge < -0.3 is 14.7 Å². The van der Waals surface area contributed by atoms with E-state index in [1.165, 1.54) is 26.2 Å². The molecule has 20 heavy (non-hydrogen) atoms. The predicted molar refractivity (Wildman–Crippen MR) is 74.3 cm³/mol. The molecule has 0 amide bonds. The van der Waals surface area contributed by atoms with Gasteiger partial charge in [0, 0.05) is 31.8 Å². The smallest absolute Gasteiger partial charge is 0.293 e. The minimum Gasteiger partial charge on any atom is -0.395 e. The number of Topliss-reactive ketones (excluding diaryl/α,β-unsaturated/α-hetero) is 1. The van der Waals surface area contributed by atoms with Gasteiger partial charge in [0.2, 0.25) is 0 Å². The molecule has 1 rings (SSSR count). The summed E-state index contributed by atoms with van der Waals surface area (Å²) in [6.45, 7) is 2.27. The average molecular weight is 282 g/mol. The Morgan fingerprint density at radius 1 is 1.45 bits per heavy atom. The van der Waals surface area contributed by atoms with Gasteiger partial charge in [-0.2, -0.15) is 0 Å². The summed E-state index contributed by atoms with van der Waals surface area (Å²) in [6.07, 6.45) is 0. The third-order valence-corrected chi connectivity index (χ3v) is 2.85. The van der Waals surface area contributed by atoms with Gasteiger partial charge in [0.25, 0.3) is 5.69 Å². The molecular weight excluding hydrogens is 264 g/mol. The summed E-state index contributed by atoms with van der Waals surface area (Å²) in [7, 11) is 1.53. The van der Waals surface area contributed by atoms with Gasteiger partial charge >= 0.3 is 0 Å². The first-order chi connectivity index (χ1) is 9.51. The van der Waals surface area contributed by atoms with Crippen molar-refractivity contribution in [1.29, 1.82) is 0 Å². The highest BCUT2D eigenvalue weighted by Gasteiger charge is 2.20. The number of anilines is 1. The van der Waals surface area contributed by atoms with E-state index in [2.05, 4.69) is 0 Å². The Hall–Kier alpha value is -1.99. The Kier molecular flexibility index (Phi) is 6.08. The van der Waals surface area contributed by atoms with Crippen LogP contribution in [-0.4, -0.2) is 49.2 Å². The van der Waals surface area contributed by atoms with Crippen LogP contribution < -0.4 is 4.90 Å². The number of nitro benzene ring substituents is 1. The lowest BCUT2D eigenvalue weighted by Crippen LogP contribution is -2.30. The molecular formula is C13H18N2O5. The Bertz CT molecular complexity index is 490. The molecule has 7 heteroatoms. The second-order valence-corrected chi connectivity index (χ2v) is 4.22. The topological polar surface area (TPSA) is 92.9 Å². The molecule has 1 N–H and O–H groups in total. The van der Waals surface area contributed by atoms with Gasteiger partial charge in [-0.3, -0.25) is 14.9 Å². The normalized spacial score (nSPS) is 10.3. The van der Waals surface area contributed by atoms with Crippen molar-refractivity contribution in [3.05, 3.63) is 33.9 Å². The van der Waals surface area contributed by atoms with Gasteiger partial charge in [0.05, 0.1) is 18.1 Å². The van der Waals surface area contributed by atoms with Crippen LogP contribution in [-0.2, 0) is 4.74 Å². The second kappa shape index (κ2) is 7.56. The van der Waals surface area contributed by atoms with Crippen molar-refractivity contribution in [3.8, 4) is 0 Å². The fraction of sp³-hybridized carbons (Fsp3) is 0.462. The molecule has 110 valence electrons. The highest BCUT2D eigenvalue weighted by molar-refractivity contribution is 5.95. The lowest BCUT2D eigenvalue weighted by Gasteiger charge is -2.23. The summed E-state index contributed by atoms with van der Waals surface area (Å²) in [5, 5.41) is 20.2. The minimum absolute atomic E-state index is 0.130. The van der Waals surface area contributed by atoms with Crippen molar-refractivity contribution >= 4 is 17.2 Å². The quantitative estimate of drug-likeness (QED) is 0.438. The number of aliphatic hydroxyl groups excluding tert-OH is 1. The molecule has 0 unspecified atom stereocenters. The molecule has 0 saturated carbocycles. The Balaban J connectivity index is 3.18. The lowest BCUT2D eigenvalue weighted by molar-refractivity contribution is -0.384. The molecule has 0 atom stereocenters. The molecule has 1 aromatic rings. The number of rotatable bonds is 8. The van der Waals surface area contributed by atoms with E-state index in [-0.39, 0.29) is 30.2 Å². The zero-order valence-electron chi connectivity index (χ0n) is 11.5. The molecule has 0 spiro atoms. The highest BCUT2D eigenvalue weighted by atomic mass is 16.6. The Morgan fingerprint density at radius 3 is 2.65 bits per heavy atom.